The molecule has 1 aromatic carbocycles. The van der Waals surface area contributed by atoms with Gasteiger partial charge in [0.15, 0.2) is 0 Å². The summed E-state index contributed by atoms with van der Waals surface area (Å²) < 4.78 is 0.644. The van der Waals surface area contributed by atoms with Gasteiger partial charge < -0.3 is 5.21 Å². The van der Waals surface area contributed by atoms with Crippen molar-refractivity contribution < 1.29 is 4.73 Å². The lowest BCUT2D eigenvalue weighted by atomic mass is 10.1. The first kappa shape index (κ1) is 9.45. The Hall–Kier alpha value is -2.10. The second-order valence-corrected chi connectivity index (χ2v) is 3.29. The van der Waals surface area contributed by atoms with Crippen molar-refractivity contribution in [3.05, 3.63) is 47.4 Å². The van der Waals surface area contributed by atoms with Crippen molar-refractivity contribution >= 4 is 5.82 Å². The summed E-state index contributed by atoms with van der Waals surface area (Å²) in [4.78, 5) is 4.26. The molecule has 0 fully saturated rings. The summed E-state index contributed by atoms with van der Waals surface area (Å²) in [6.07, 6.45) is 1.39. The van der Waals surface area contributed by atoms with E-state index in [1.807, 2.05) is 30.3 Å². The second kappa shape index (κ2) is 3.57. The summed E-state index contributed by atoms with van der Waals surface area (Å²) in [7, 11) is 0. The number of aromatic nitrogens is 2. The molecule has 1 heterocycles. The fraction of sp³-hybridized carbons (Fsp3) is 0.0909. The first-order valence-corrected chi connectivity index (χ1v) is 4.60. The van der Waals surface area contributed by atoms with Crippen LogP contribution >= 0.6 is 0 Å². The minimum atomic E-state index is 0.148. The van der Waals surface area contributed by atoms with Crippen molar-refractivity contribution in [2.75, 3.05) is 5.73 Å². The average molecular weight is 201 g/mol. The molecular formula is C11H11N3O. The van der Waals surface area contributed by atoms with Gasteiger partial charge in [0.2, 0.25) is 0 Å². The molecule has 4 nitrogen and oxygen atoms in total. The highest BCUT2D eigenvalue weighted by molar-refractivity contribution is 5.57. The number of nitrogens with two attached hydrogens (primary N) is 1. The number of anilines is 1. The molecule has 0 aliphatic heterocycles. The van der Waals surface area contributed by atoms with Gasteiger partial charge in [-0.1, -0.05) is 30.3 Å². The van der Waals surface area contributed by atoms with Crippen LogP contribution in [0, 0.1) is 12.1 Å². The summed E-state index contributed by atoms with van der Waals surface area (Å²) in [5.74, 6) is 0.148. The molecule has 2 rings (SSSR count). The highest BCUT2D eigenvalue weighted by atomic mass is 16.5. The molecule has 0 aliphatic carbocycles. The van der Waals surface area contributed by atoms with Gasteiger partial charge in [0.05, 0.1) is 0 Å². The van der Waals surface area contributed by atoms with E-state index in [-0.39, 0.29) is 5.82 Å². The summed E-state index contributed by atoms with van der Waals surface area (Å²) in [6.45, 7) is 1.72. The first-order chi connectivity index (χ1) is 7.18. The zero-order valence-electron chi connectivity index (χ0n) is 8.34. The number of hydrogen-bond acceptors (Lipinski definition) is 3. The van der Waals surface area contributed by atoms with E-state index in [2.05, 4.69) is 4.98 Å². The molecule has 0 saturated carbocycles. The highest BCUT2D eigenvalue weighted by Crippen LogP contribution is 2.16. The Kier molecular flexibility index (Phi) is 2.25. The van der Waals surface area contributed by atoms with E-state index >= 15 is 0 Å². The molecular weight excluding hydrogens is 190 g/mol. The van der Waals surface area contributed by atoms with Crippen LogP contribution in [0.1, 0.15) is 5.69 Å². The SMILES string of the molecule is Cc1nc(-c2ccccc2)c[n+]([O-])c1N. The van der Waals surface area contributed by atoms with Crippen molar-refractivity contribution in [3.8, 4) is 11.3 Å². The number of benzene rings is 1. The number of aryl methyl sites for hydroxylation is 1. The van der Waals surface area contributed by atoms with Crippen molar-refractivity contribution in [2.45, 2.75) is 6.92 Å². The normalized spacial score (nSPS) is 10.2. The molecule has 1 aromatic heterocycles. The molecule has 2 N–H and O–H groups in total. The van der Waals surface area contributed by atoms with Gasteiger partial charge >= 0.3 is 0 Å². The summed E-state index contributed by atoms with van der Waals surface area (Å²) in [6, 6.07) is 9.52. The van der Waals surface area contributed by atoms with E-state index in [0.29, 0.717) is 16.1 Å². The molecule has 0 aliphatic rings. The van der Waals surface area contributed by atoms with Crippen LogP contribution in [0.25, 0.3) is 11.3 Å². The Morgan fingerprint density at radius 2 is 1.93 bits per heavy atom. The molecule has 0 spiro atoms. The predicted octanol–water partition coefficient (Wildman–Crippen LogP) is 1.27. The van der Waals surface area contributed by atoms with E-state index in [0.717, 1.165) is 5.56 Å². The van der Waals surface area contributed by atoms with E-state index in [1.54, 1.807) is 6.92 Å². The number of rotatable bonds is 1. The van der Waals surface area contributed by atoms with Crippen molar-refractivity contribution in [1.82, 2.24) is 4.98 Å². The monoisotopic (exact) mass is 201 g/mol. The van der Waals surface area contributed by atoms with E-state index in [4.69, 9.17) is 5.73 Å². The molecule has 0 bridgehead atoms. The van der Waals surface area contributed by atoms with Crippen LogP contribution in [0.3, 0.4) is 0 Å². The van der Waals surface area contributed by atoms with Crippen LogP contribution < -0.4 is 10.5 Å². The molecule has 0 radical (unpaired) electrons. The van der Waals surface area contributed by atoms with E-state index < -0.39 is 0 Å². The second-order valence-electron chi connectivity index (χ2n) is 3.29. The molecule has 76 valence electrons. The molecule has 0 unspecified atom stereocenters. The van der Waals surface area contributed by atoms with Gasteiger partial charge in [-0.05, 0) is 6.92 Å². The minimum Gasteiger partial charge on any atom is -0.710 e. The van der Waals surface area contributed by atoms with Crippen molar-refractivity contribution in [3.63, 3.8) is 0 Å². The fourth-order valence-corrected chi connectivity index (χ4v) is 1.35. The quantitative estimate of drug-likeness (QED) is 0.558. The van der Waals surface area contributed by atoms with Gasteiger partial charge in [0.1, 0.15) is 17.6 Å². The van der Waals surface area contributed by atoms with Crippen LogP contribution in [0.2, 0.25) is 0 Å². The third kappa shape index (κ3) is 1.74. The van der Waals surface area contributed by atoms with Crippen LogP contribution in [-0.2, 0) is 0 Å². The van der Waals surface area contributed by atoms with Gasteiger partial charge in [0.25, 0.3) is 5.82 Å². The van der Waals surface area contributed by atoms with E-state index in [1.165, 1.54) is 6.20 Å². The Morgan fingerprint density at radius 3 is 2.53 bits per heavy atom. The fourth-order valence-electron chi connectivity index (χ4n) is 1.35. The van der Waals surface area contributed by atoms with Crippen molar-refractivity contribution in [1.29, 1.82) is 0 Å². The zero-order valence-corrected chi connectivity index (χ0v) is 8.34. The summed E-state index contributed by atoms with van der Waals surface area (Å²) in [5.41, 5.74) is 7.61. The van der Waals surface area contributed by atoms with Crippen LogP contribution in [0.5, 0.6) is 0 Å². The molecule has 0 saturated heterocycles. The van der Waals surface area contributed by atoms with Crippen LogP contribution in [0.4, 0.5) is 5.82 Å². The summed E-state index contributed by atoms with van der Waals surface area (Å²) >= 11 is 0. The summed E-state index contributed by atoms with van der Waals surface area (Å²) in [5, 5.41) is 11.4. The lowest BCUT2D eigenvalue weighted by Crippen LogP contribution is -2.32. The molecule has 0 atom stereocenters. The number of nitrogens with zero attached hydrogens (tertiary/aromatic N) is 2. The smallest absolute Gasteiger partial charge is 0.297 e. The maximum atomic E-state index is 11.4. The van der Waals surface area contributed by atoms with Gasteiger partial charge in [0, 0.05) is 5.56 Å². The Balaban J connectivity index is 2.56. The van der Waals surface area contributed by atoms with Gasteiger partial charge in [-0.25, -0.2) is 9.71 Å². The molecule has 15 heavy (non-hydrogen) atoms. The largest absolute Gasteiger partial charge is 0.710 e. The number of nitrogen functional groups attached to an aromatic ring is 1. The molecule has 4 heteroatoms. The molecule has 0 amide bonds. The third-order valence-corrected chi connectivity index (χ3v) is 2.21. The third-order valence-electron chi connectivity index (χ3n) is 2.21. The lowest BCUT2D eigenvalue weighted by molar-refractivity contribution is -0.590. The highest BCUT2D eigenvalue weighted by Gasteiger charge is 2.08. The minimum absolute atomic E-state index is 0.148. The maximum Gasteiger partial charge on any atom is 0.297 e. The average Bonchev–Trinajstić information content (AvgIpc) is 2.26. The van der Waals surface area contributed by atoms with Crippen LogP contribution in [-0.4, -0.2) is 4.98 Å². The van der Waals surface area contributed by atoms with Gasteiger partial charge in [-0.15, -0.1) is 0 Å². The standard InChI is InChI=1S/C11H11N3O/c1-8-11(12)14(15)7-10(13-8)9-5-3-2-4-6-9/h2-7H,12H2,1H3. The maximum absolute atomic E-state index is 11.4. The molecule has 2 aromatic rings. The Morgan fingerprint density at radius 1 is 1.27 bits per heavy atom. The first-order valence-electron chi connectivity index (χ1n) is 4.60. The Labute approximate surface area is 87.6 Å². The topological polar surface area (TPSA) is 65.8 Å². The number of hydrogen-bond donors (Lipinski definition) is 1. The van der Waals surface area contributed by atoms with E-state index in [9.17, 15) is 5.21 Å². The van der Waals surface area contributed by atoms with Crippen molar-refractivity contribution in [2.24, 2.45) is 0 Å². The predicted molar refractivity (Wildman–Crippen MR) is 57.8 cm³/mol. The van der Waals surface area contributed by atoms with Gasteiger partial charge in [-0.2, -0.15) is 0 Å². The zero-order chi connectivity index (χ0) is 10.8. The van der Waals surface area contributed by atoms with Crippen LogP contribution in [0.15, 0.2) is 36.5 Å². The van der Waals surface area contributed by atoms with Gasteiger partial charge in [-0.3, -0.25) is 5.73 Å². The lowest BCUT2D eigenvalue weighted by Gasteiger charge is -2.08. The Bertz CT molecular complexity index is 459.